The highest BCUT2D eigenvalue weighted by atomic mass is 19.1. The molecule has 1 aromatic carbocycles. The van der Waals surface area contributed by atoms with Gasteiger partial charge in [0.1, 0.15) is 11.5 Å². The summed E-state index contributed by atoms with van der Waals surface area (Å²) in [7, 11) is 0. The van der Waals surface area contributed by atoms with Crippen molar-refractivity contribution in [2.24, 2.45) is 0 Å². The van der Waals surface area contributed by atoms with Crippen molar-refractivity contribution in [1.29, 1.82) is 0 Å². The van der Waals surface area contributed by atoms with Crippen LogP contribution in [-0.2, 0) is 6.54 Å². The molecule has 0 radical (unpaired) electrons. The minimum absolute atomic E-state index is 0.117. The summed E-state index contributed by atoms with van der Waals surface area (Å²) < 4.78 is 14.5. The molecule has 3 aromatic rings. The first-order valence-corrected chi connectivity index (χ1v) is 6.61. The SMILES string of the molecule is Cc1cc(F)ccc1NCc1cc(=O)n2ccccc2n1. The number of rotatable bonds is 3. The smallest absolute Gasteiger partial charge is 0.258 e. The number of hydrogen-bond donors (Lipinski definition) is 1. The maximum absolute atomic E-state index is 13.1. The van der Waals surface area contributed by atoms with Crippen LogP contribution in [0, 0.1) is 12.7 Å². The molecule has 2 aromatic heterocycles. The van der Waals surface area contributed by atoms with Crippen LogP contribution in [0.25, 0.3) is 5.65 Å². The predicted octanol–water partition coefficient (Wildman–Crippen LogP) is 2.75. The number of fused-ring (bicyclic) bond motifs is 1. The summed E-state index contributed by atoms with van der Waals surface area (Å²) in [6, 6.07) is 11.5. The van der Waals surface area contributed by atoms with Crippen LogP contribution in [-0.4, -0.2) is 9.38 Å². The summed E-state index contributed by atoms with van der Waals surface area (Å²) in [5.41, 5.74) is 2.78. The molecule has 3 rings (SSSR count). The number of benzene rings is 1. The normalized spacial score (nSPS) is 10.8. The lowest BCUT2D eigenvalue weighted by atomic mass is 10.2. The molecule has 0 unspecified atom stereocenters. The van der Waals surface area contributed by atoms with Crippen LogP contribution >= 0.6 is 0 Å². The summed E-state index contributed by atoms with van der Waals surface area (Å²) in [6.45, 7) is 2.24. The van der Waals surface area contributed by atoms with Crippen molar-refractivity contribution < 1.29 is 4.39 Å². The Kier molecular flexibility index (Phi) is 3.39. The molecule has 2 heterocycles. The van der Waals surface area contributed by atoms with Crippen molar-refractivity contribution in [3.63, 3.8) is 0 Å². The molecule has 0 aliphatic heterocycles. The van der Waals surface area contributed by atoms with Gasteiger partial charge in [0.2, 0.25) is 0 Å². The standard InChI is InChI=1S/C16H14FN3O/c1-11-8-12(17)5-6-14(11)18-10-13-9-16(21)20-7-3-2-4-15(20)19-13/h2-9,18H,10H2,1H3. The van der Waals surface area contributed by atoms with Gasteiger partial charge in [0.05, 0.1) is 12.2 Å². The Balaban J connectivity index is 1.87. The van der Waals surface area contributed by atoms with E-state index in [1.807, 2.05) is 13.0 Å². The van der Waals surface area contributed by atoms with Crippen molar-refractivity contribution in [2.45, 2.75) is 13.5 Å². The molecule has 0 spiro atoms. The summed E-state index contributed by atoms with van der Waals surface area (Å²) in [5, 5.41) is 3.17. The Bertz CT molecular complexity index is 858. The molecule has 0 amide bonds. The van der Waals surface area contributed by atoms with Crippen LogP contribution in [0.4, 0.5) is 10.1 Å². The Morgan fingerprint density at radius 3 is 2.90 bits per heavy atom. The van der Waals surface area contributed by atoms with Gasteiger partial charge < -0.3 is 5.32 Å². The minimum Gasteiger partial charge on any atom is -0.379 e. The second-order valence-corrected chi connectivity index (χ2v) is 4.83. The Morgan fingerprint density at radius 2 is 2.10 bits per heavy atom. The molecule has 0 saturated heterocycles. The monoisotopic (exact) mass is 283 g/mol. The fraction of sp³-hybridized carbons (Fsp3) is 0.125. The molecular formula is C16H14FN3O. The van der Waals surface area contributed by atoms with E-state index >= 15 is 0 Å². The summed E-state index contributed by atoms with van der Waals surface area (Å²) in [4.78, 5) is 16.4. The maximum Gasteiger partial charge on any atom is 0.258 e. The van der Waals surface area contributed by atoms with Crippen LogP contribution < -0.4 is 10.9 Å². The molecule has 0 bridgehead atoms. The fourth-order valence-corrected chi connectivity index (χ4v) is 2.20. The van der Waals surface area contributed by atoms with Crippen LogP contribution in [0.2, 0.25) is 0 Å². The van der Waals surface area contributed by atoms with Crippen LogP contribution in [0.5, 0.6) is 0 Å². The molecule has 1 N–H and O–H groups in total. The van der Waals surface area contributed by atoms with E-state index in [9.17, 15) is 9.18 Å². The summed E-state index contributed by atoms with van der Waals surface area (Å²) >= 11 is 0. The van der Waals surface area contributed by atoms with Gasteiger partial charge in [0, 0.05) is 18.0 Å². The number of pyridine rings is 1. The van der Waals surface area contributed by atoms with Crippen LogP contribution in [0.1, 0.15) is 11.3 Å². The first kappa shape index (κ1) is 13.3. The van der Waals surface area contributed by atoms with Gasteiger partial charge in [-0.15, -0.1) is 0 Å². The largest absolute Gasteiger partial charge is 0.379 e. The van der Waals surface area contributed by atoms with Gasteiger partial charge in [0.15, 0.2) is 0 Å². The summed E-state index contributed by atoms with van der Waals surface area (Å²) in [5.74, 6) is -0.264. The highest BCUT2D eigenvalue weighted by Crippen LogP contribution is 2.16. The second-order valence-electron chi connectivity index (χ2n) is 4.83. The first-order valence-electron chi connectivity index (χ1n) is 6.61. The highest BCUT2D eigenvalue weighted by molar-refractivity contribution is 5.51. The third-order valence-electron chi connectivity index (χ3n) is 3.27. The van der Waals surface area contributed by atoms with Gasteiger partial charge >= 0.3 is 0 Å². The molecule has 0 aliphatic rings. The predicted molar refractivity (Wildman–Crippen MR) is 79.9 cm³/mol. The van der Waals surface area contributed by atoms with E-state index in [-0.39, 0.29) is 11.4 Å². The molecule has 5 heteroatoms. The van der Waals surface area contributed by atoms with E-state index < -0.39 is 0 Å². The maximum atomic E-state index is 13.1. The quantitative estimate of drug-likeness (QED) is 0.804. The van der Waals surface area contributed by atoms with E-state index in [1.165, 1.54) is 22.6 Å². The van der Waals surface area contributed by atoms with Crippen molar-refractivity contribution in [3.05, 3.63) is 76.1 Å². The average Bonchev–Trinajstić information content (AvgIpc) is 2.46. The van der Waals surface area contributed by atoms with Crippen molar-refractivity contribution in [2.75, 3.05) is 5.32 Å². The van der Waals surface area contributed by atoms with E-state index in [1.54, 1.807) is 24.4 Å². The molecule has 0 fully saturated rings. The molecule has 106 valence electrons. The third kappa shape index (κ3) is 2.76. The van der Waals surface area contributed by atoms with Gasteiger partial charge in [-0.05, 0) is 42.8 Å². The lowest BCUT2D eigenvalue weighted by Crippen LogP contribution is -2.16. The zero-order valence-corrected chi connectivity index (χ0v) is 11.5. The van der Waals surface area contributed by atoms with Crippen LogP contribution in [0.15, 0.2) is 53.5 Å². The number of anilines is 1. The number of nitrogens with zero attached hydrogens (tertiary/aromatic N) is 2. The van der Waals surface area contributed by atoms with Gasteiger partial charge in [-0.1, -0.05) is 6.07 Å². The Hall–Kier alpha value is -2.69. The minimum atomic E-state index is -0.264. The van der Waals surface area contributed by atoms with Crippen molar-refractivity contribution in [3.8, 4) is 0 Å². The van der Waals surface area contributed by atoms with Gasteiger partial charge in [-0.25, -0.2) is 9.37 Å². The van der Waals surface area contributed by atoms with E-state index in [4.69, 9.17) is 0 Å². The number of halogens is 1. The van der Waals surface area contributed by atoms with Crippen LogP contribution in [0.3, 0.4) is 0 Å². The topological polar surface area (TPSA) is 46.4 Å². The van der Waals surface area contributed by atoms with E-state index in [0.29, 0.717) is 17.9 Å². The zero-order chi connectivity index (χ0) is 14.8. The lowest BCUT2D eigenvalue weighted by Gasteiger charge is -2.09. The number of aromatic nitrogens is 2. The molecule has 21 heavy (non-hydrogen) atoms. The van der Waals surface area contributed by atoms with Gasteiger partial charge in [-0.3, -0.25) is 9.20 Å². The molecule has 0 atom stereocenters. The van der Waals surface area contributed by atoms with E-state index in [2.05, 4.69) is 10.3 Å². The van der Waals surface area contributed by atoms with Crippen molar-refractivity contribution >= 4 is 11.3 Å². The number of hydrogen-bond acceptors (Lipinski definition) is 3. The van der Waals surface area contributed by atoms with Gasteiger partial charge in [0.25, 0.3) is 5.56 Å². The summed E-state index contributed by atoms with van der Waals surface area (Å²) in [6.07, 6.45) is 1.69. The lowest BCUT2D eigenvalue weighted by molar-refractivity contribution is 0.627. The van der Waals surface area contributed by atoms with E-state index in [0.717, 1.165) is 11.3 Å². The molecule has 0 aliphatic carbocycles. The zero-order valence-electron chi connectivity index (χ0n) is 11.5. The third-order valence-corrected chi connectivity index (χ3v) is 3.27. The highest BCUT2D eigenvalue weighted by Gasteiger charge is 2.03. The molecular weight excluding hydrogens is 269 g/mol. The second kappa shape index (κ2) is 5.36. The molecule has 4 nitrogen and oxygen atoms in total. The first-order chi connectivity index (χ1) is 10.1. The van der Waals surface area contributed by atoms with Crippen molar-refractivity contribution in [1.82, 2.24) is 9.38 Å². The average molecular weight is 283 g/mol. The number of nitrogens with one attached hydrogen (secondary N) is 1. The molecule has 0 saturated carbocycles. The Labute approximate surface area is 120 Å². The van der Waals surface area contributed by atoms with Gasteiger partial charge in [-0.2, -0.15) is 0 Å². The number of aryl methyl sites for hydroxylation is 1. The Morgan fingerprint density at radius 1 is 1.24 bits per heavy atom. The fourth-order valence-electron chi connectivity index (χ4n) is 2.20.